The smallest absolute Gasteiger partial charge is 0.164 e. The van der Waals surface area contributed by atoms with Crippen molar-refractivity contribution in [3.05, 3.63) is 181 Å². The van der Waals surface area contributed by atoms with E-state index in [1.165, 1.54) is 58.6 Å². The van der Waals surface area contributed by atoms with Crippen LogP contribution in [-0.2, 0) is 10.8 Å². The van der Waals surface area contributed by atoms with Crippen molar-refractivity contribution in [3.63, 3.8) is 0 Å². The lowest BCUT2D eigenvalue weighted by Crippen LogP contribution is -2.31. The molecule has 2 aromatic heterocycles. The Morgan fingerprint density at radius 1 is 0.660 bits per heavy atom. The van der Waals surface area contributed by atoms with Gasteiger partial charge in [-0.1, -0.05) is 137 Å². The van der Waals surface area contributed by atoms with Gasteiger partial charge in [0, 0.05) is 45.6 Å². The van der Waals surface area contributed by atoms with E-state index >= 15 is 0 Å². The average Bonchev–Trinajstić information content (AvgIpc) is 3.22. The van der Waals surface area contributed by atoms with Crippen LogP contribution in [0, 0.1) is 0 Å². The van der Waals surface area contributed by atoms with Crippen LogP contribution in [0.5, 0.6) is 0 Å². The Hall–Kier alpha value is -5.94. The molecular weight excluding hydrogens is 647 g/mol. The first-order chi connectivity index (χ1) is 25.9. The average molecular weight is 692 g/mol. The summed E-state index contributed by atoms with van der Waals surface area (Å²) in [6.07, 6.45) is 17.1. The third-order valence-electron chi connectivity index (χ3n) is 11.2. The Kier molecular flexibility index (Phi) is 9.17. The van der Waals surface area contributed by atoms with Crippen molar-refractivity contribution < 1.29 is 0 Å². The molecule has 0 spiro atoms. The normalized spacial score (nSPS) is 16.2. The number of hydrogen-bond donors (Lipinski definition) is 0. The van der Waals surface area contributed by atoms with Crippen LogP contribution in [0.1, 0.15) is 81.0 Å². The minimum absolute atomic E-state index is 0.0622. The highest BCUT2D eigenvalue weighted by Gasteiger charge is 2.38. The van der Waals surface area contributed by atoms with Gasteiger partial charge in [0.15, 0.2) is 17.5 Å². The predicted octanol–water partition coefficient (Wildman–Crippen LogP) is 12.1. The number of anilines is 3. The van der Waals surface area contributed by atoms with Crippen LogP contribution in [0.15, 0.2) is 152 Å². The van der Waals surface area contributed by atoms with E-state index < -0.39 is 0 Å². The molecule has 5 heteroatoms. The molecule has 1 fully saturated rings. The van der Waals surface area contributed by atoms with E-state index in [-0.39, 0.29) is 10.8 Å². The molecule has 262 valence electrons. The summed E-state index contributed by atoms with van der Waals surface area (Å²) in [5, 5.41) is 0. The molecule has 1 aliphatic carbocycles. The van der Waals surface area contributed by atoms with Crippen molar-refractivity contribution >= 4 is 22.6 Å². The lowest BCUT2D eigenvalue weighted by Gasteiger charge is -2.42. The van der Waals surface area contributed by atoms with Gasteiger partial charge in [0.1, 0.15) is 0 Å². The first-order valence-corrected chi connectivity index (χ1v) is 18.8. The zero-order valence-corrected chi connectivity index (χ0v) is 30.8. The van der Waals surface area contributed by atoms with Crippen molar-refractivity contribution in [2.24, 2.45) is 0 Å². The van der Waals surface area contributed by atoms with Gasteiger partial charge in [-0.3, -0.25) is 4.98 Å². The van der Waals surface area contributed by atoms with Gasteiger partial charge in [0.05, 0.1) is 11.4 Å². The highest BCUT2D eigenvalue weighted by Crippen LogP contribution is 2.52. The molecule has 0 amide bonds. The molecule has 0 saturated heterocycles. The highest BCUT2D eigenvalue weighted by atomic mass is 15.2. The second-order valence-electron chi connectivity index (χ2n) is 14.7. The number of benzene rings is 4. The number of hydrogen-bond acceptors (Lipinski definition) is 5. The van der Waals surface area contributed by atoms with Gasteiger partial charge in [-0.05, 0) is 78.4 Å². The standard InChI is InChI=1S/C48H45N5/c1-5-14-34(15-6-2)44-50-45(52-46(51-44)36-28-32-49-33-29-36)35-20-22-37(23-21-35)48(30-12-7-13-31-48)38-24-26-39(27-25-38)53-42-18-10-8-16-40(42)47(3,4)41-17-9-11-19-43(41)53/h5-6,8-11,14-29,32-33H,1,7,12-13,30-31H2,2-4H3/b15-6-,34-14+. The topological polar surface area (TPSA) is 54.8 Å². The lowest BCUT2D eigenvalue weighted by molar-refractivity contribution is 0.346. The molecule has 0 unspecified atom stereocenters. The molecular formula is C48H45N5. The maximum atomic E-state index is 4.97. The Morgan fingerprint density at radius 3 is 1.77 bits per heavy atom. The summed E-state index contributed by atoms with van der Waals surface area (Å²) in [7, 11) is 0. The number of aromatic nitrogens is 4. The first-order valence-electron chi connectivity index (χ1n) is 18.8. The van der Waals surface area contributed by atoms with Crippen LogP contribution in [0.25, 0.3) is 28.3 Å². The molecule has 1 saturated carbocycles. The molecule has 3 heterocycles. The van der Waals surface area contributed by atoms with Crippen LogP contribution in [0.3, 0.4) is 0 Å². The van der Waals surface area contributed by atoms with Gasteiger partial charge >= 0.3 is 0 Å². The van der Waals surface area contributed by atoms with Crippen molar-refractivity contribution in [3.8, 4) is 22.8 Å². The fourth-order valence-corrected chi connectivity index (χ4v) is 8.49. The molecule has 5 nitrogen and oxygen atoms in total. The van der Waals surface area contributed by atoms with Gasteiger partial charge in [0.2, 0.25) is 0 Å². The number of nitrogens with zero attached hydrogens (tertiary/aromatic N) is 5. The molecule has 2 aliphatic rings. The summed E-state index contributed by atoms with van der Waals surface area (Å²) in [5.41, 5.74) is 11.7. The predicted molar refractivity (Wildman–Crippen MR) is 219 cm³/mol. The summed E-state index contributed by atoms with van der Waals surface area (Å²) < 4.78 is 0. The number of pyridine rings is 1. The van der Waals surface area contributed by atoms with E-state index in [9.17, 15) is 0 Å². The van der Waals surface area contributed by atoms with Gasteiger partial charge < -0.3 is 4.90 Å². The van der Waals surface area contributed by atoms with E-state index in [1.807, 2.05) is 37.3 Å². The number of rotatable bonds is 8. The van der Waals surface area contributed by atoms with E-state index in [2.05, 4.69) is 127 Å². The number of allylic oxidation sites excluding steroid dienone is 5. The summed E-state index contributed by atoms with van der Waals surface area (Å²) in [6, 6.07) is 40.0. The zero-order chi connectivity index (χ0) is 36.4. The van der Waals surface area contributed by atoms with Crippen LogP contribution in [-0.4, -0.2) is 19.9 Å². The second kappa shape index (κ2) is 14.2. The summed E-state index contributed by atoms with van der Waals surface area (Å²) in [6.45, 7) is 10.6. The van der Waals surface area contributed by atoms with Crippen molar-refractivity contribution in [1.82, 2.24) is 19.9 Å². The molecule has 1 aliphatic heterocycles. The summed E-state index contributed by atoms with van der Waals surface area (Å²) >= 11 is 0. The molecule has 0 bridgehead atoms. The second-order valence-corrected chi connectivity index (χ2v) is 14.7. The molecule has 0 N–H and O–H groups in total. The SMILES string of the molecule is C=C/C=C(\C=C/C)c1nc(-c2ccncc2)nc(-c2ccc(C3(c4ccc(N5c6ccccc6C(C)(C)c6ccccc65)cc4)CCCCC3)cc2)n1. The third kappa shape index (κ3) is 6.20. The summed E-state index contributed by atoms with van der Waals surface area (Å²) in [4.78, 5) is 21.4. The van der Waals surface area contributed by atoms with Crippen molar-refractivity contribution in [2.45, 2.75) is 63.7 Å². The van der Waals surface area contributed by atoms with Gasteiger partial charge in [0.25, 0.3) is 0 Å². The minimum atomic E-state index is -0.0808. The van der Waals surface area contributed by atoms with E-state index in [0.717, 1.165) is 29.5 Å². The van der Waals surface area contributed by atoms with Gasteiger partial charge in [-0.25, -0.2) is 15.0 Å². The molecule has 4 aromatic carbocycles. The maximum absolute atomic E-state index is 4.97. The van der Waals surface area contributed by atoms with E-state index in [4.69, 9.17) is 15.0 Å². The monoisotopic (exact) mass is 691 g/mol. The highest BCUT2D eigenvalue weighted by molar-refractivity contribution is 5.86. The fraction of sp³-hybridized carbons (Fsp3) is 0.208. The minimum Gasteiger partial charge on any atom is -0.310 e. The Balaban J connectivity index is 1.17. The lowest BCUT2D eigenvalue weighted by atomic mass is 9.65. The molecule has 0 radical (unpaired) electrons. The fourth-order valence-electron chi connectivity index (χ4n) is 8.49. The summed E-state index contributed by atoms with van der Waals surface area (Å²) in [5.74, 6) is 1.86. The van der Waals surface area contributed by atoms with Crippen LogP contribution in [0.4, 0.5) is 17.1 Å². The third-order valence-corrected chi connectivity index (χ3v) is 11.2. The quantitative estimate of drug-likeness (QED) is 0.149. The van der Waals surface area contributed by atoms with Gasteiger partial charge in [-0.2, -0.15) is 0 Å². The zero-order valence-electron chi connectivity index (χ0n) is 30.8. The largest absolute Gasteiger partial charge is 0.310 e. The van der Waals surface area contributed by atoms with Gasteiger partial charge in [-0.15, -0.1) is 0 Å². The first kappa shape index (κ1) is 34.2. The van der Waals surface area contributed by atoms with Crippen LogP contribution >= 0.6 is 0 Å². The molecule has 0 atom stereocenters. The molecule has 53 heavy (non-hydrogen) atoms. The van der Waals surface area contributed by atoms with Crippen LogP contribution in [0.2, 0.25) is 0 Å². The van der Waals surface area contributed by atoms with Crippen molar-refractivity contribution in [1.29, 1.82) is 0 Å². The number of para-hydroxylation sites is 2. The molecule has 8 rings (SSSR count). The van der Waals surface area contributed by atoms with Crippen LogP contribution < -0.4 is 4.90 Å². The van der Waals surface area contributed by atoms with E-state index in [0.29, 0.717) is 17.5 Å². The maximum Gasteiger partial charge on any atom is 0.164 e. The number of fused-ring (bicyclic) bond motifs is 2. The molecule has 6 aromatic rings. The Labute approximate surface area is 313 Å². The Bertz CT molecular complexity index is 2260. The van der Waals surface area contributed by atoms with E-state index in [1.54, 1.807) is 18.5 Å². The Morgan fingerprint density at radius 2 is 1.21 bits per heavy atom. The van der Waals surface area contributed by atoms with Crippen molar-refractivity contribution in [2.75, 3.05) is 4.90 Å².